The van der Waals surface area contributed by atoms with Crippen LogP contribution in [0.1, 0.15) is 68.5 Å². The summed E-state index contributed by atoms with van der Waals surface area (Å²) in [5.74, 6) is -0.631. The zero-order valence-corrected chi connectivity index (χ0v) is 23.2. The molecule has 2 aromatic carbocycles. The molecule has 4 rings (SSSR count). The average Bonchev–Trinajstić information content (AvgIpc) is 3.63. The van der Waals surface area contributed by atoms with Crippen LogP contribution in [0.3, 0.4) is 0 Å². The Morgan fingerprint density at radius 3 is 2.49 bits per heavy atom. The smallest absolute Gasteiger partial charge is 0.326 e. The topological polar surface area (TPSA) is 174 Å². The molecular formula is C28H37N9O4. The zero-order valence-electron chi connectivity index (χ0n) is 23.2. The van der Waals surface area contributed by atoms with Crippen LogP contribution in [0, 0.1) is 0 Å². The third-order valence-electron chi connectivity index (χ3n) is 6.69. The van der Waals surface area contributed by atoms with Crippen molar-refractivity contribution >= 4 is 17.8 Å². The number of hydrogen-bond acceptors (Lipinski definition) is 9. The lowest BCUT2D eigenvalue weighted by atomic mass is 9.97. The molecule has 1 fully saturated rings. The van der Waals surface area contributed by atoms with Crippen molar-refractivity contribution in [2.24, 2.45) is 0 Å². The summed E-state index contributed by atoms with van der Waals surface area (Å²) in [6, 6.07) is 15.4. The molecule has 1 atom stereocenters. The third kappa shape index (κ3) is 8.41. The van der Waals surface area contributed by atoms with Gasteiger partial charge in [0.1, 0.15) is 18.0 Å². The number of aliphatic carboxylic acids is 1. The molecule has 1 aliphatic rings. The Hall–Kier alpha value is -4.17. The summed E-state index contributed by atoms with van der Waals surface area (Å²) in [5, 5.41) is 19.0. The van der Waals surface area contributed by atoms with Crippen LogP contribution in [0.2, 0.25) is 0 Å². The summed E-state index contributed by atoms with van der Waals surface area (Å²) in [4.78, 5) is 39.5. The molecule has 1 saturated heterocycles. The summed E-state index contributed by atoms with van der Waals surface area (Å²) in [6.07, 6.45) is 2.62. The van der Waals surface area contributed by atoms with Crippen LogP contribution in [-0.2, 0) is 33.9 Å². The van der Waals surface area contributed by atoms with Crippen molar-refractivity contribution in [2.45, 2.75) is 71.2 Å². The lowest BCUT2D eigenvalue weighted by Crippen LogP contribution is -2.40. The zero-order chi connectivity index (χ0) is 29.2. The number of nitrogens with zero attached hydrogens (tertiary/aromatic N) is 3. The number of carbonyl (C=O) groups excluding carboxylic acids is 2. The largest absolute Gasteiger partial charge is 0.480 e. The molecule has 218 valence electrons. The van der Waals surface area contributed by atoms with Gasteiger partial charge in [-0.15, -0.1) is 0 Å². The SMILES string of the molecule is CCCCc1nc(CNC(=O)CCC(NC(C)=O)C(=O)O)nn1Cc1ccc(-c2ccccc2C2NNNN2)cc1. The molecule has 0 saturated carbocycles. The number of amides is 2. The summed E-state index contributed by atoms with van der Waals surface area (Å²) in [6.45, 7) is 4.03. The molecular weight excluding hydrogens is 526 g/mol. The summed E-state index contributed by atoms with van der Waals surface area (Å²) in [7, 11) is 0. The summed E-state index contributed by atoms with van der Waals surface area (Å²) < 4.78 is 1.88. The van der Waals surface area contributed by atoms with E-state index in [-0.39, 0.29) is 31.5 Å². The Kier molecular flexibility index (Phi) is 10.5. The van der Waals surface area contributed by atoms with Gasteiger partial charge in [0, 0.05) is 19.8 Å². The molecule has 7 N–H and O–H groups in total. The van der Waals surface area contributed by atoms with Gasteiger partial charge in [0.05, 0.1) is 13.1 Å². The number of benzene rings is 2. The Morgan fingerprint density at radius 2 is 1.80 bits per heavy atom. The number of unbranched alkanes of at least 4 members (excludes halogenated alkanes) is 1. The first-order valence-corrected chi connectivity index (χ1v) is 13.7. The average molecular weight is 564 g/mol. The maximum atomic E-state index is 12.3. The van der Waals surface area contributed by atoms with Crippen molar-refractivity contribution in [1.82, 2.24) is 47.3 Å². The van der Waals surface area contributed by atoms with Gasteiger partial charge in [0.25, 0.3) is 0 Å². The predicted octanol–water partition coefficient (Wildman–Crippen LogP) is 1.44. The van der Waals surface area contributed by atoms with E-state index in [0.29, 0.717) is 12.4 Å². The van der Waals surface area contributed by atoms with E-state index in [4.69, 9.17) is 0 Å². The molecule has 2 amide bonds. The highest BCUT2D eigenvalue weighted by molar-refractivity contribution is 5.83. The number of nitrogens with one attached hydrogen (secondary N) is 6. The fraction of sp³-hybridized carbons (Fsp3) is 0.393. The Labute approximate surface area is 238 Å². The Balaban J connectivity index is 1.40. The van der Waals surface area contributed by atoms with Crippen molar-refractivity contribution in [1.29, 1.82) is 0 Å². The van der Waals surface area contributed by atoms with E-state index >= 15 is 0 Å². The molecule has 13 heteroatoms. The van der Waals surface area contributed by atoms with Crippen LogP contribution < -0.4 is 32.6 Å². The lowest BCUT2D eigenvalue weighted by Gasteiger charge is -2.15. The maximum Gasteiger partial charge on any atom is 0.326 e. The molecule has 1 aromatic heterocycles. The quantitative estimate of drug-likeness (QED) is 0.152. The van der Waals surface area contributed by atoms with Gasteiger partial charge in [-0.05, 0) is 35.1 Å². The lowest BCUT2D eigenvalue weighted by molar-refractivity contribution is -0.141. The number of hydrazine groups is 3. The van der Waals surface area contributed by atoms with E-state index < -0.39 is 17.9 Å². The van der Waals surface area contributed by atoms with Crippen molar-refractivity contribution in [3.63, 3.8) is 0 Å². The summed E-state index contributed by atoms with van der Waals surface area (Å²) >= 11 is 0. The van der Waals surface area contributed by atoms with Crippen molar-refractivity contribution in [3.8, 4) is 11.1 Å². The molecule has 3 aromatic rings. The first-order valence-electron chi connectivity index (χ1n) is 13.7. The van der Waals surface area contributed by atoms with E-state index in [9.17, 15) is 19.5 Å². The van der Waals surface area contributed by atoms with E-state index in [1.165, 1.54) is 6.92 Å². The molecule has 1 aliphatic heterocycles. The number of carboxylic acids is 1. The van der Waals surface area contributed by atoms with Crippen LogP contribution in [-0.4, -0.2) is 43.7 Å². The number of carboxylic acid groups (broad SMARTS) is 1. The van der Waals surface area contributed by atoms with Crippen LogP contribution in [0.25, 0.3) is 11.1 Å². The third-order valence-corrected chi connectivity index (χ3v) is 6.69. The second-order valence-corrected chi connectivity index (χ2v) is 9.87. The highest BCUT2D eigenvalue weighted by Gasteiger charge is 2.20. The molecule has 0 aliphatic carbocycles. The van der Waals surface area contributed by atoms with Gasteiger partial charge in [0.2, 0.25) is 11.8 Å². The minimum Gasteiger partial charge on any atom is -0.480 e. The number of hydrogen-bond donors (Lipinski definition) is 7. The van der Waals surface area contributed by atoms with Crippen molar-refractivity contribution in [3.05, 3.63) is 71.3 Å². The molecule has 0 spiro atoms. The number of rotatable bonds is 14. The van der Waals surface area contributed by atoms with Crippen LogP contribution >= 0.6 is 0 Å². The van der Waals surface area contributed by atoms with Gasteiger partial charge in [-0.25, -0.2) is 25.3 Å². The van der Waals surface area contributed by atoms with Gasteiger partial charge in [-0.2, -0.15) is 16.2 Å². The van der Waals surface area contributed by atoms with Crippen LogP contribution in [0.4, 0.5) is 0 Å². The van der Waals surface area contributed by atoms with Gasteiger partial charge in [-0.3, -0.25) is 9.59 Å². The molecule has 0 bridgehead atoms. The Morgan fingerprint density at radius 1 is 1.07 bits per heavy atom. The van der Waals surface area contributed by atoms with E-state index in [2.05, 4.69) is 86.0 Å². The second kappa shape index (κ2) is 14.5. The van der Waals surface area contributed by atoms with Gasteiger partial charge in [0.15, 0.2) is 5.82 Å². The fourth-order valence-corrected chi connectivity index (χ4v) is 4.57. The van der Waals surface area contributed by atoms with E-state index in [1.807, 2.05) is 16.8 Å². The molecule has 13 nitrogen and oxygen atoms in total. The highest BCUT2D eigenvalue weighted by Crippen LogP contribution is 2.28. The van der Waals surface area contributed by atoms with E-state index in [0.717, 1.165) is 47.3 Å². The standard InChI is InChI=1S/C28H37N9O4/c1-3-4-9-25-31-24(16-29-26(39)15-14-23(28(40)41)30-18(2)38)34-37(25)17-19-10-12-20(13-11-19)21-7-5-6-8-22(21)27-32-35-36-33-27/h5-8,10-13,23,27,32-33,35-36H,3-4,9,14-17H2,1-2H3,(H,29,39)(H,30,38)(H,40,41). The molecule has 2 heterocycles. The van der Waals surface area contributed by atoms with Gasteiger partial charge in [-0.1, -0.05) is 61.9 Å². The minimum absolute atomic E-state index is 0.00764. The minimum atomic E-state index is -1.18. The van der Waals surface area contributed by atoms with Crippen LogP contribution in [0.5, 0.6) is 0 Å². The fourth-order valence-electron chi connectivity index (χ4n) is 4.57. The normalized spacial score (nSPS) is 14.1. The first kappa shape index (κ1) is 29.8. The Bertz CT molecular complexity index is 1340. The molecule has 41 heavy (non-hydrogen) atoms. The molecule has 0 radical (unpaired) electrons. The number of carbonyl (C=O) groups is 3. The van der Waals surface area contributed by atoms with Gasteiger partial charge >= 0.3 is 5.97 Å². The van der Waals surface area contributed by atoms with Gasteiger partial charge < -0.3 is 15.7 Å². The second-order valence-electron chi connectivity index (χ2n) is 9.87. The van der Waals surface area contributed by atoms with Crippen molar-refractivity contribution in [2.75, 3.05) is 0 Å². The molecule has 1 unspecified atom stereocenters. The first-order chi connectivity index (χ1) is 19.8. The monoisotopic (exact) mass is 563 g/mol. The van der Waals surface area contributed by atoms with Crippen molar-refractivity contribution < 1.29 is 19.5 Å². The highest BCUT2D eigenvalue weighted by atomic mass is 16.4. The summed E-state index contributed by atoms with van der Waals surface area (Å²) in [5.41, 5.74) is 16.4. The van der Waals surface area contributed by atoms with Crippen LogP contribution in [0.15, 0.2) is 48.5 Å². The number of aryl methyl sites for hydroxylation is 1. The maximum absolute atomic E-state index is 12.3. The van der Waals surface area contributed by atoms with E-state index in [1.54, 1.807) is 0 Å². The predicted molar refractivity (Wildman–Crippen MR) is 151 cm³/mol. The number of aromatic nitrogens is 3.